The van der Waals surface area contributed by atoms with Crippen LogP contribution in [0.2, 0.25) is 5.28 Å². The van der Waals surface area contributed by atoms with Crippen molar-refractivity contribution in [1.82, 2.24) is 15.0 Å². The summed E-state index contributed by atoms with van der Waals surface area (Å²) in [7, 11) is 0. The minimum atomic E-state index is -0.109. The monoisotopic (exact) mass is 325 g/mol. The van der Waals surface area contributed by atoms with Crippen molar-refractivity contribution >= 4 is 23.5 Å². The number of hydrogen-bond donors (Lipinski definition) is 1. The molecule has 0 aromatic carbocycles. The summed E-state index contributed by atoms with van der Waals surface area (Å²) in [5, 5.41) is 3.68. The van der Waals surface area contributed by atoms with Crippen molar-refractivity contribution in [3.05, 3.63) is 5.28 Å². The third kappa shape index (κ3) is 5.27. The molecule has 2 rings (SSSR count). The quantitative estimate of drug-likeness (QED) is 0.901. The summed E-state index contributed by atoms with van der Waals surface area (Å²) >= 11 is 6.10. The van der Waals surface area contributed by atoms with Crippen LogP contribution in [0.1, 0.15) is 60.3 Å². The van der Waals surface area contributed by atoms with Gasteiger partial charge in [-0.3, -0.25) is 0 Å². The number of aromatic nitrogens is 3. The van der Waals surface area contributed by atoms with E-state index in [1.165, 1.54) is 19.3 Å². The van der Waals surface area contributed by atoms with E-state index < -0.39 is 0 Å². The molecule has 1 N–H and O–H groups in total. The van der Waals surface area contributed by atoms with Crippen LogP contribution in [0.25, 0.3) is 0 Å². The molecule has 0 unspecified atom stereocenters. The van der Waals surface area contributed by atoms with E-state index >= 15 is 0 Å². The van der Waals surface area contributed by atoms with Crippen molar-refractivity contribution in [1.29, 1.82) is 0 Å². The molecule has 0 atom stereocenters. The van der Waals surface area contributed by atoms with Crippen LogP contribution < -0.4 is 10.2 Å². The first-order valence-corrected chi connectivity index (χ1v) is 8.47. The Morgan fingerprint density at radius 1 is 1.00 bits per heavy atom. The van der Waals surface area contributed by atoms with Crippen LogP contribution in [0.3, 0.4) is 0 Å². The molecule has 22 heavy (non-hydrogen) atoms. The van der Waals surface area contributed by atoms with Crippen molar-refractivity contribution in [2.45, 2.75) is 65.8 Å². The first-order chi connectivity index (χ1) is 10.1. The van der Waals surface area contributed by atoms with E-state index in [-0.39, 0.29) is 16.2 Å². The molecule has 1 aliphatic heterocycles. The number of rotatable bonds is 4. The van der Waals surface area contributed by atoms with Crippen LogP contribution >= 0.6 is 11.6 Å². The number of nitrogens with zero attached hydrogens (tertiary/aromatic N) is 4. The number of piperidine rings is 1. The summed E-state index contributed by atoms with van der Waals surface area (Å²) in [6.07, 6.45) is 4.64. The van der Waals surface area contributed by atoms with Gasteiger partial charge in [-0.2, -0.15) is 15.0 Å². The maximum absolute atomic E-state index is 6.10. The van der Waals surface area contributed by atoms with Crippen LogP contribution in [0.4, 0.5) is 11.9 Å². The van der Waals surface area contributed by atoms with Crippen molar-refractivity contribution < 1.29 is 0 Å². The Kier molecular flexibility index (Phi) is 5.15. The molecule has 0 aliphatic carbocycles. The van der Waals surface area contributed by atoms with Crippen LogP contribution in [0.15, 0.2) is 0 Å². The first-order valence-electron chi connectivity index (χ1n) is 8.09. The largest absolute Gasteiger partial charge is 0.349 e. The van der Waals surface area contributed by atoms with Gasteiger partial charge >= 0.3 is 0 Å². The Bertz CT molecular complexity index is 504. The Labute approximate surface area is 138 Å². The van der Waals surface area contributed by atoms with Gasteiger partial charge in [-0.05, 0) is 56.5 Å². The molecule has 1 aliphatic rings. The van der Waals surface area contributed by atoms with Crippen molar-refractivity contribution in [3.8, 4) is 0 Å². The van der Waals surface area contributed by atoms with Crippen LogP contribution in [0.5, 0.6) is 0 Å². The minimum absolute atomic E-state index is 0.109. The zero-order chi connectivity index (χ0) is 16.4. The smallest absolute Gasteiger partial charge is 0.231 e. The van der Waals surface area contributed by atoms with Gasteiger partial charge in [-0.1, -0.05) is 20.8 Å². The van der Waals surface area contributed by atoms with Gasteiger partial charge in [-0.25, -0.2) is 0 Å². The molecule has 0 amide bonds. The highest BCUT2D eigenvalue weighted by Crippen LogP contribution is 2.29. The lowest BCUT2D eigenvalue weighted by atomic mass is 9.82. The molecule has 0 radical (unpaired) electrons. The molecule has 0 spiro atoms. The maximum Gasteiger partial charge on any atom is 0.231 e. The second-order valence-electron chi connectivity index (χ2n) is 8.02. The number of anilines is 2. The molecule has 1 aromatic rings. The standard InChI is InChI=1S/C16H28ClN5/c1-15(2,3)11-16(4,5)21-13-18-12(17)19-14(20-13)22-9-7-6-8-10-22/h6-11H2,1-5H3,(H,18,19,20,21). The highest BCUT2D eigenvalue weighted by molar-refractivity contribution is 6.28. The lowest BCUT2D eigenvalue weighted by Crippen LogP contribution is -2.37. The van der Waals surface area contributed by atoms with Gasteiger partial charge in [0.05, 0.1) is 0 Å². The van der Waals surface area contributed by atoms with Gasteiger partial charge in [0.15, 0.2) is 0 Å². The van der Waals surface area contributed by atoms with Crippen LogP contribution in [-0.2, 0) is 0 Å². The zero-order valence-electron chi connectivity index (χ0n) is 14.4. The second kappa shape index (κ2) is 6.57. The highest BCUT2D eigenvalue weighted by Gasteiger charge is 2.27. The SMILES string of the molecule is CC(C)(C)CC(C)(C)Nc1nc(Cl)nc(N2CCCCC2)n1. The normalized spacial score (nSPS) is 16.7. The third-order valence-electron chi connectivity index (χ3n) is 3.66. The maximum atomic E-state index is 6.10. The van der Waals surface area contributed by atoms with Gasteiger partial charge < -0.3 is 10.2 Å². The molecule has 0 bridgehead atoms. The Morgan fingerprint density at radius 3 is 2.23 bits per heavy atom. The summed E-state index contributed by atoms with van der Waals surface area (Å²) in [5.74, 6) is 1.25. The number of nitrogens with one attached hydrogen (secondary N) is 1. The average molecular weight is 326 g/mol. The molecule has 124 valence electrons. The topological polar surface area (TPSA) is 53.9 Å². The first kappa shape index (κ1) is 17.3. The van der Waals surface area contributed by atoms with Crippen molar-refractivity contribution in [2.24, 2.45) is 5.41 Å². The van der Waals surface area contributed by atoms with E-state index in [1.807, 2.05) is 0 Å². The molecular weight excluding hydrogens is 298 g/mol. The summed E-state index contributed by atoms with van der Waals surface area (Å²) in [5.41, 5.74) is 0.116. The molecule has 1 aromatic heterocycles. The van der Waals surface area contributed by atoms with Gasteiger partial charge in [-0.15, -0.1) is 0 Å². The fourth-order valence-corrected chi connectivity index (χ4v) is 3.46. The predicted octanol–water partition coefficient (Wildman–Crippen LogP) is 4.14. The number of halogens is 1. The Balaban J connectivity index is 2.15. The molecule has 0 saturated carbocycles. The van der Waals surface area contributed by atoms with E-state index in [0.29, 0.717) is 11.9 Å². The molecule has 2 heterocycles. The summed E-state index contributed by atoms with van der Waals surface area (Å²) in [6.45, 7) is 13.0. The lowest BCUT2D eigenvalue weighted by molar-refractivity contribution is 0.301. The average Bonchev–Trinajstić information content (AvgIpc) is 2.35. The van der Waals surface area contributed by atoms with E-state index in [1.54, 1.807) is 0 Å². The van der Waals surface area contributed by atoms with Crippen molar-refractivity contribution in [3.63, 3.8) is 0 Å². The molecule has 1 saturated heterocycles. The van der Waals surface area contributed by atoms with E-state index in [9.17, 15) is 0 Å². The predicted molar refractivity (Wildman–Crippen MR) is 92.7 cm³/mol. The van der Waals surface area contributed by atoms with Gasteiger partial charge in [0.2, 0.25) is 17.2 Å². The van der Waals surface area contributed by atoms with E-state index in [2.05, 4.69) is 59.8 Å². The number of hydrogen-bond acceptors (Lipinski definition) is 5. The Hall–Kier alpha value is -1.10. The highest BCUT2D eigenvalue weighted by atomic mass is 35.5. The Morgan fingerprint density at radius 2 is 1.64 bits per heavy atom. The molecule has 6 heteroatoms. The van der Waals surface area contributed by atoms with Gasteiger partial charge in [0, 0.05) is 18.6 Å². The van der Waals surface area contributed by atoms with Gasteiger partial charge in [0.25, 0.3) is 0 Å². The lowest BCUT2D eigenvalue weighted by Gasteiger charge is -2.33. The summed E-state index contributed by atoms with van der Waals surface area (Å²) in [4.78, 5) is 15.3. The third-order valence-corrected chi connectivity index (χ3v) is 3.83. The molecular formula is C16H28ClN5. The van der Waals surface area contributed by atoms with Gasteiger partial charge in [0.1, 0.15) is 0 Å². The fraction of sp³-hybridized carbons (Fsp3) is 0.812. The second-order valence-corrected chi connectivity index (χ2v) is 8.36. The zero-order valence-corrected chi connectivity index (χ0v) is 15.2. The summed E-state index contributed by atoms with van der Waals surface area (Å²) < 4.78 is 0. The molecule has 1 fully saturated rings. The summed E-state index contributed by atoms with van der Waals surface area (Å²) in [6, 6.07) is 0. The van der Waals surface area contributed by atoms with Crippen LogP contribution in [-0.4, -0.2) is 33.6 Å². The molecule has 5 nitrogen and oxygen atoms in total. The van der Waals surface area contributed by atoms with Crippen LogP contribution in [0, 0.1) is 5.41 Å². The fourth-order valence-electron chi connectivity index (χ4n) is 3.30. The van der Waals surface area contributed by atoms with E-state index in [4.69, 9.17) is 11.6 Å². The van der Waals surface area contributed by atoms with E-state index in [0.717, 1.165) is 19.5 Å². The van der Waals surface area contributed by atoms with Crippen molar-refractivity contribution in [2.75, 3.05) is 23.3 Å². The minimum Gasteiger partial charge on any atom is -0.349 e.